The molecule has 0 unspecified atom stereocenters. The molecular weight excluding hydrogens is 489 g/mol. The molecule has 0 aliphatic carbocycles. The summed E-state index contributed by atoms with van der Waals surface area (Å²) in [5.41, 5.74) is 3.48. The van der Waals surface area contributed by atoms with E-state index in [9.17, 15) is 18.0 Å². The summed E-state index contributed by atoms with van der Waals surface area (Å²) in [6.45, 7) is 2.71. The number of anilines is 1. The van der Waals surface area contributed by atoms with E-state index in [2.05, 4.69) is 28.8 Å². The number of hydrogen-bond donors (Lipinski definition) is 0. The molecule has 2 heterocycles. The number of benzene rings is 3. The largest absolute Gasteiger partial charge is 0.416 e. The lowest BCUT2D eigenvalue weighted by molar-refractivity contribution is -0.137. The molecule has 8 heteroatoms. The quantitative estimate of drug-likeness (QED) is 0.212. The number of fused-ring (bicyclic) bond motifs is 1. The molecule has 3 aromatic carbocycles. The first kappa shape index (κ1) is 23.4. The highest BCUT2D eigenvalue weighted by molar-refractivity contribution is 8.27. The second-order valence-electron chi connectivity index (χ2n) is 8.28. The number of amides is 1. The highest BCUT2D eigenvalue weighted by atomic mass is 32.2. The summed E-state index contributed by atoms with van der Waals surface area (Å²) in [6, 6.07) is 20.9. The Bertz CT molecular complexity index is 1490. The van der Waals surface area contributed by atoms with E-state index < -0.39 is 17.6 Å². The van der Waals surface area contributed by atoms with Gasteiger partial charge in [0.2, 0.25) is 0 Å². The van der Waals surface area contributed by atoms with Crippen LogP contribution in [0.2, 0.25) is 0 Å². The number of nitrogens with zero attached hydrogens (tertiary/aromatic N) is 2. The Morgan fingerprint density at radius 3 is 2.49 bits per heavy atom. The lowest BCUT2D eigenvalue weighted by Gasteiger charge is -2.16. The number of thiocarbonyl (C=S) groups is 1. The number of rotatable bonds is 4. The van der Waals surface area contributed by atoms with Crippen LogP contribution in [0.15, 0.2) is 83.9 Å². The van der Waals surface area contributed by atoms with E-state index >= 15 is 0 Å². The third-order valence-electron chi connectivity index (χ3n) is 5.80. The maximum absolute atomic E-state index is 13.2. The molecule has 1 aliphatic rings. The van der Waals surface area contributed by atoms with E-state index in [-0.39, 0.29) is 10.0 Å². The highest BCUT2D eigenvalue weighted by Gasteiger charge is 2.36. The van der Waals surface area contributed by atoms with Crippen molar-refractivity contribution in [2.75, 3.05) is 4.90 Å². The predicted molar refractivity (Wildman–Crippen MR) is 139 cm³/mol. The van der Waals surface area contributed by atoms with Crippen molar-refractivity contribution in [2.45, 2.75) is 19.6 Å². The van der Waals surface area contributed by atoms with Crippen molar-refractivity contribution in [3.8, 4) is 0 Å². The van der Waals surface area contributed by atoms with E-state index in [1.807, 2.05) is 37.4 Å². The van der Waals surface area contributed by atoms with E-state index in [1.54, 1.807) is 6.08 Å². The number of aromatic nitrogens is 1. The molecule has 1 aromatic heterocycles. The molecule has 35 heavy (non-hydrogen) atoms. The Morgan fingerprint density at radius 1 is 1.00 bits per heavy atom. The maximum atomic E-state index is 13.2. The van der Waals surface area contributed by atoms with E-state index in [0.29, 0.717) is 11.4 Å². The Balaban J connectivity index is 1.50. The number of halogens is 3. The molecule has 0 bridgehead atoms. The van der Waals surface area contributed by atoms with Crippen LogP contribution in [0, 0.1) is 6.92 Å². The van der Waals surface area contributed by atoms with Gasteiger partial charge >= 0.3 is 6.18 Å². The molecule has 3 nitrogen and oxygen atoms in total. The number of aryl methyl sites for hydroxylation is 1. The van der Waals surface area contributed by atoms with Gasteiger partial charge in [0, 0.05) is 29.2 Å². The van der Waals surface area contributed by atoms with Gasteiger partial charge in [-0.1, -0.05) is 78.1 Å². The van der Waals surface area contributed by atoms with Crippen LogP contribution in [0.25, 0.3) is 17.0 Å². The molecular formula is C27H19F3N2OS2. The normalized spacial score (nSPS) is 15.5. The van der Waals surface area contributed by atoms with Crippen LogP contribution in [0.3, 0.4) is 0 Å². The molecule has 0 atom stereocenters. The van der Waals surface area contributed by atoms with Gasteiger partial charge in [0.05, 0.1) is 16.2 Å². The van der Waals surface area contributed by atoms with Gasteiger partial charge in [0.15, 0.2) is 4.32 Å². The van der Waals surface area contributed by atoms with Gasteiger partial charge in [-0.2, -0.15) is 13.2 Å². The summed E-state index contributed by atoms with van der Waals surface area (Å²) in [5.74, 6) is -0.435. The number of thioether (sulfide) groups is 1. The fourth-order valence-electron chi connectivity index (χ4n) is 4.06. The van der Waals surface area contributed by atoms with Gasteiger partial charge in [0.1, 0.15) is 0 Å². The third-order valence-corrected chi connectivity index (χ3v) is 7.11. The predicted octanol–water partition coefficient (Wildman–Crippen LogP) is 7.42. The number of alkyl halides is 3. The Morgan fingerprint density at radius 2 is 1.74 bits per heavy atom. The van der Waals surface area contributed by atoms with Gasteiger partial charge in [-0.3, -0.25) is 9.69 Å². The zero-order valence-electron chi connectivity index (χ0n) is 18.5. The van der Waals surface area contributed by atoms with E-state index in [4.69, 9.17) is 12.2 Å². The van der Waals surface area contributed by atoms with Crippen molar-refractivity contribution < 1.29 is 18.0 Å². The fourth-order valence-corrected chi connectivity index (χ4v) is 5.35. The standard InChI is InChI=1S/C27H19F3N2OS2/c1-17-9-11-18(12-10-17)15-31-16-19(22-7-2-3-8-23(22)31)13-24-25(33)32(26(34)35-24)21-6-4-5-20(14-21)27(28,29)30/h2-14,16H,15H2,1H3/b24-13+. The van der Waals surface area contributed by atoms with Crippen LogP contribution < -0.4 is 4.90 Å². The van der Waals surface area contributed by atoms with Crippen LogP contribution in [0.4, 0.5) is 18.9 Å². The van der Waals surface area contributed by atoms with Crippen LogP contribution >= 0.6 is 24.0 Å². The zero-order valence-corrected chi connectivity index (χ0v) is 20.2. The van der Waals surface area contributed by atoms with Gasteiger partial charge in [-0.25, -0.2) is 0 Å². The van der Waals surface area contributed by atoms with Crippen LogP contribution in [0.5, 0.6) is 0 Å². The minimum Gasteiger partial charge on any atom is -0.342 e. The number of hydrogen-bond acceptors (Lipinski definition) is 3. The second kappa shape index (κ2) is 9.02. The van der Waals surface area contributed by atoms with E-state index in [0.717, 1.165) is 50.8 Å². The topological polar surface area (TPSA) is 25.2 Å². The lowest BCUT2D eigenvalue weighted by atomic mass is 10.1. The van der Waals surface area contributed by atoms with Crippen molar-refractivity contribution in [1.29, 1.82) is 0 Å². The van der Waals surface area contributed by atoms with Crippen molar-refractivity contribution in [3.05, 3.63) is 106 Å². The minimum atomic E-state index is -4.51. The van der Waals surface area contributed by atoms with Crippen LogP contribution in [-0.2, 0) is 17.5 Å². The van der Waals surface area contributed by atoms with E-state index in [1.165, 1.54) is 17.7 Å². The molecule has 0 spiro atoms. The SMILES string of the molecule is Cc1ccc(Cn2cc(/C=C3/SC(=S)N(c4cccc(C(F)(F)F)c4)C3=O)c3ccccc32)cc1. The van der Waals surface area contributed by atoms with Crippen LogP contribution in [0.1, 0.15) is 22.3 Å². The molecule has 0 saturated carbocycles. The summed E-state index contributed by atoms with van der Waals surface area (Å²) in [4.78, 5) is 14.7. The smallest absolute Gasteiger partial charge is 0.342 e. The number of carbonyl (C=O) groups is 1. The molecule has 1 amide bonds. The lowest BCUT2D eigenvalue weighted by Crippen LogP contribution is -2.27. The van der Waals surface area contributed by atoms with Gasteiger partial charge in [-0.15, -0.1) is 0 Å². The zero-order chi connectivity index (χ0) is 24.7. The number of para-hydroxylation sites is 1. The fraction of sp³-hybridized carbons (Fsp3) is 0.111. The first-order valence-electron chi connectivity index (χ1n) is 10.8. The summed E-state index contributed by atoms with van der Waals surface area (Å²) in [7, 11) is 0. The van der Waals surface area contributed by atoms with Crippen molar-refractivity contribution >= 4 is 56.9 Å². The average molecular weight is 509 g/mol. The van der Waals surface area contributed by atoms with Crippen molar-refractivity contribution in [1.82, 2.24) is 4.57 Å². The van der Waals surface area contributed by atoms with Gasteiger partial charge < -0.3 is 4.57 Å². The summed E-state index contributed by atoms with van der Waals surface area (Å²) < 4.78 is 41.9. The monoisotopic (exact) mass is 508 g/mol. The second-order valence-corrected chi connectivity index (χ2v) is 9.96. The Hall–Kier alpha value is -3.36. The Kier molecular flexibility index (Phi) is 6.02. The first-order chi connectivity index (χ1) is 16.7. The molecule has 1 aliphatic heterocycles. The molecule has 5 rings (SSSR count). The van der Waals surface area contributed by atoms with Gasteiger partial charge in [-0.05, 0) is 42.8 Å². The summed E-state index contributed by atoms with van der Waals surface area (Å²) in [5, 5.41) is 0.976. The minimum absolute atomic E-state index is 0.104. The van der Waals surface area contributed by atoms with Gasteiger partial charge in [0.25, 0.3) is 5.91 Å². The maximum Gasteiger partial charge on any atom is 0.416 e. The molecule has 1 saturated heterocycles. The average Bonchev–Trinajstić information content (AvgIpc) is 3.31. The Labute approximate surface area is 209 Å². The first-order valence-corrected chi connectivity index (χ1v) is 12.0. The third kappa shape index (κ3) is 4.63. The highest BCUT2D eigenvalue weighted by Crippen LogP contribution is 2.39. The number of carbonyl (C=O) groups excluding carboxylic acids is 1. The molecule has 176 valence electrons. The van der Waals surface area contributed by atoms with Crippen molar-refractivity contribution in [2.24, 2.45) is 0 Å². The molecule has 0 radical (unpaired) electrons. The molecule has 0 N–H and O–H groups in total. The summed E-state index contributed by atoms with van der Waals surface area (Å²) >= 11 is 6.46. The van der Waals surface area contributed by atoms with Crippen molar-refractivity contribution in [3.63, 3.8) is 0 Å². The summed E-state index contributed by atoms with van der Waals surface area (Å²) in [6.07, 6.45) is -0.756. The van der Waals surface area contributed by atoms with Crippen LogP contribution in [-0.4, -0.2) is 14.8 Å². The molecule has 1 fully saturated rings. The molecule has 4 aromatic rings.